The highest BCUT2D eigenvalue weighted by Crippen LogP contribution is 2.46. The number of nitrogens with one attached hydrogen (secondary N) is 1. The molecule has 0 unspecified atom stereocenters. The van der Waals surface area contributed by atoms with E-state index in [9.17, 15) is 14.0 Å². The molecule has 0 saturated carbocycles. The quantitative estimate of drug-likeness (QED) is 0.640. The van der Waals surface area contributed by atoms with E-state index in [2.05, 4.69) is 11.9 Å². The van der Waals surface area contributed by atoms with Crippen molar-refractivity contribution < 1.29 is 18.7 Å². The van der Waals surface area contributed by atoms with Crippen LogP contribution in [0.3, 0.4) is 0 Å². The molecule has 0 aromatic heterocycles. The standard InChI is InChI=1S/C22H24FNO3/c1-5-9-27-21(26)18-13(2)24-16-11-22(3,4)12-17(25)20(16)19(18)14-7-6-8-15(23)10-14/h5-8,10,19,24H,1,9,11-12H2,2-4H3/t19-/m0/s1. The van der Waals surface area contributed by atoms with E-state index in [0.29, 0.717) is 35.2 Å². The second-order valence-corrected chi connectivity index (χ2v) is 7.87. The van der Waals surface area contributed by atoms with Crippen molar-refractivity contribution in [3.63, 3.8) is 0 Å². The summed E-state index contributed by atoms with van der Waals surface area (Å²) in [7, 11) is 0. The molecule has 0 fully saturated rings. The van der Waals surface area contributed by atoms with Crippen LogP contribution in [0, 0.1) is 11.2 Å². The number of hydrogen-bond donors (Lipinski definition) is 1. The van der Waals surface area contributed by atoms with Crippen LogP contribution in [-0.4, -0.2) is 18.4 Å². The largest absolute Gasteiger partial charge is 0.458 e. The average Bonchev–Trinajstić information content (AvgIpc) is 2.57. The molecular formula is C22H24FNO3. The monoisotopic (exact) mass is 369 g/mol. The minimum Gasteiger partial charge on any atom is -0.458 e. The minimum absolute atomic E-state index is 0.0236. The number of allylic oxidation sites excluding steroid dienone is 3. The van der Waals surface area contributed by atoms with Crippen molar-refractivity contribution in [1.82, 2.24) is 5.32 Å². The Morgan fingerprint density at radius 2 is 2.15 bits per heavy atom. The Kier molecular flexibility index (Phi) is 5.05. The van der Waals surface area contributed by atoms with Crippen molar-refractivity contribution >= 4 is 11.8 Å². The van der Waals surface area contributed by atoms with Crippen LogP contribution in [0.4, 0.5) is 4.39 Å². The second kappa shape index (κ2) is 7.14. The first kappa shape index (κ1) is 19.1. The zero-order chi connectivity index (χ0) is 19.8. The Balaban J connectivity index is 2.15. The van der Waals surface area contributed by atoms with Crippen LogP contribution < -0.4 is 5.32 Å². The highest BCUT2D eigenvalue weighted by molar-refractivity contribution is 6.04. The molecule has 27 heavy (non-hydrogen) atoms. The van der Waals surface area contributed by atoms with Gasteiger partial charge in [0.1, 0.15) is 12.4 Å². The van der Waals surface area contributed by atoms with Gasteiger partial charge in [0.2, 0.25) is 0 Å². The summed E-state index contributed by atoms with van der Waals surface area (Å²) in [6.07, 6.45) is 2.56. The van der Waals surface area contributed by atoms with Crippen molar-refractivity contribution in [2.45, 2.75) is 39.5 Å². The van der Waals surface area contributed by atoms with Crippen molar-refractivity contribution in [3.05, 3.63) is 70.8 Å². The predicted molar refractivity (Wildman–Crippen MR) is 101 cm³/mol. The molecule has 0 saturated heterocycles. The van der Waals surface area contributed by atoms with Crippen molar-refractivity contribution in [3.8, 4) is 0 Å². The van der Waals surface area contributed by atoms with Gasteiger partial charge in [-0.15, -0.1) is 0 Å². The number of benzene rings is 1. The van der Waals surface area contributed by atoms with E-state index in [4.69, 9.17) is 4.74 Å². The molecule has 0 radical (unpaired) electrons. The van der Waals surface area contributed by atoms with Gasteiger partial charge >= 0.3 is 5.97 Å². The van der Waals surface area contributed by atoms with Gasteiger partial charge in [0, 0.05) is 29.3 Å². The number of esters is 1. The third-order valence-corrected chi connectivity index (χ3v) is 4.97. The zero-order valence-corrected chi connectivity index (χ0v) is 15.9. The maximum atomic E-state index is 13.9. The Morgan fingerprint density at radius 3 is 2.81 bits per heavy atom. The molecule has 0 spiro atoms. The third kappa shape index (κ3) is 3.72. The van der Waals surface area contributed by atoms with Gasteiger partial charge in [0.25, 0.3) is 0 Å². The van der Waals surface area contributed by atoms with Crippen LogP contribution in [0.15, 0.2) is 59.5 Å². The first-order chi connectivity index (χ1) is 12.7. The van der Waals surface area contributed by atoms with Gasteiger partial charge in [-0.2, -0.15) is 0 Å². The summed E-state index contributed by atoms with van der Waals surface area (Å²) in [6.45, 7) is 9.49. The first-order valence-electron chi connectivity index (χ1n) is 9.01. The lowest BCUT2D eigenvalue weighted by Gasteiger charge is -2.39. The van der Waals surface area contributed by atoms with E-state index in [1.165, 1.54) is 18.2 Å². The SMILES string of the molecule is C=CCOC(=O)C1=C(C)NC2=C(C(=O)CC(C)(C)C2)[C@H]1c1cccc(F)c1. The van der Waals surface area contributed by atoms with Crippen LogP contribution in [0.2, 0.25) is 0 Å². The summed E-state index contributed by atoms with van der Waals surface area (Å²) < 4.78 is 19.2. The van der Waals surface area contributed by atoms with E-state index in [1.54, 1.807) is 19.1 Å². The molecule has 1 aliphatic heterocycles. The number of halogens is 1. The zero-order valence-electron chi connectivity index (χ0n) is 15.9. The van der Waals surface area contributed by atoms with Crippen molar-refractivity contribution in [1.29, 1.82) is 0 Å². The smallest absolute Gasteiger partial charge is 0.337 e. The van der Waals surface area contributed by atoms with E-state index in [0.717, 1.165) is 5.70 Å². The highest BCUT2D eigenvalue weighted by atomic mass is 19.1. The molecule has 1 atom stereocenters. The third-order valence-electron chi connectivity index (χ3n) is 4.97. The van der Waals surface area contributed by atoms with E-state index >= 15 is 0 Å². The van der Waals surface area contributed by atoms with Gasteiger partial charge in [-0.3, -0.25) is 4.79 Å². The average molecular weight is 369 g/mol. The molecular weight excluding hydrogens is 345 g/mol. The molecule has 1 aromatic rings. The summed E-state index contributed by atoms with van der Waals surface area (Å²) in [5.41, 5.74) is 2.72. The predicted octanol–water partition coefficient (Wildman–Crippen LogP) is 4.16. The maximum absolute atomic E-state index is 13.9. The fraction of sp³-hybridized carbons (Fsp3) is 0.364. The molecule has 1 N–H and O–H groups in total. The summed E-state index contributed by atoms with van der Waals surface area (Å²) >= 11 is 0. The van der Waals surface area contributed by atoms with Crippen LogP contribution in [0.1, 0.15) is 45.1 Å². The Bertz CT molecular complexity index is 879. The molecule has 142 valence electrons. The summed E-state index contributed by atoms with van der Waals surface area (Å²) in [6, 6.07) is 6.05. The minimum atomic E-state index is -0.641. The van der Waals surface area contributed by atoms with Crippen LogP contribution in [-0.2, 0) is 14.3 Å². The van der Waals surface area contributed by atoms with Gasteiger partial charge in [-0.25, -0.2) is 9.18 Å². The summed E-state index contributed by atoms with van der Waals surface area (Å²) in [4.78, 5) is 25.8. The lowest BCUT2D eigenvalue weighted by atomic mass is 9.68. The van der Waals surface area contributed by atoms with Gasteiger partial charge < -0.3 is 10.1 Å². The Labute approximate surface area is 158 Å². The number of rotatable bonds is 4. The van der Waals surface area contributed by atoms with Crippen molar-refractivity contribution in [2.75, 3.05) is 6.61 Å². The van der Waals surface area contributed by atoms with Gasteiger partial charge in [0.05, 0.1) is 5.57 Å². The second-order valence-electron chi connectivity index (χ2n) is 7.87. The highest BCUT2D eigenvalue weighted by Gasteiger charge is 2.43. The Morgan fingerprint density at radius 1 is 1.41 bits per heavy atom. The molecule has 1 aliphatic carbocycles. The number of ether oxygens (including phenoxy) is 1. The lowest BCUT2D eigenvalue weighted by Crippen LogP contribution is -2.38. The van der Waals surface area contributed by atoms with Gasteiger partial charge in [0.15, 0.2) is 5.78 Å². The Hall–Kier alpha value is -2.69. The molecule has 5 heteroatoms. The molecule has 0 bridgehead atoms. The molecule has 1 heterocycles. The number of hydrogen-bond acceptors (Lipinski definition) is 4. The number of carbonyl (C=O) groups is 2. The van der Waals surface area contributed by atoms with E-state index in [1.807, 2.05) is 13.8 Å². The molecule has 4 nitrogen and oxygen atoms in total. The number of ketones is 1. The number of Topliss-reactive ketones (excluding diaryl/α,β-unsaturated/α-hetero) is 1. The van der Waals surface area contributed by atoms with Gasteiger partial charge in [-0.05, 0) is 36.5 Å². The lowest BCUT2D eigenvalue weighted by molar-refractivity contribution is -0.138. The maximum Gasteiger partial charge on any atom is 0.337 e. The topological polar surface area (TPSA) is 55.4 Å². The van der Waals surface area contributed by atoms with E-state index < -0.39 is 17.7 Å². The summed E-state index contributed by atoms with van der Waals surface area (Å²) in [5, 5.41) is 3.24. The molecule has 2 aliphatic rings. The molecule has 1 aromatic carbocycles. The molecule has 0 amide bonds. The fourth-order valence-corrected chi connectivity index (χ4v) is 3.94. The fourth-order valence-electron chi connectivity index (χ4n) is 3.94. The van der Waals surface area contributed by atoms with Crippen LogP contribution in [0.25, 0.3) is 0 Å². The van der Waals surface area contributed by atoms with Crippen molar-refractivity contribution in [2.24, 2.45) is 5.41 Å². The molecule has 3 rings (SSSR count). The van der Waals surface area contributed by atoms with Crippen LogP contribution in [0.5, 0.6) is 0 Å². The first-order valence-corrected chi connectivity index (χ1v) is 9.01. The van der Waals surface area contributed by atoms with E-state index in [-0.39, 0.29) is 17.8 Å². The summed E-state index contributed by atoms with van der Waals surface area (Å²) in [5.74, 6) is -1.60. The number of dihydropyridines is 1. The number of carbonyl (C=O) groups excluding carboxylic acids is 2. The normalized spacial score (nSPS) is 21.5. The van der Waals surface area contributed by atoms with Crippen LogP contribution >= 0.6 is 0 Å². The van der Waals surface area contributed by atoms with Gasteiger partial charge in [-0.1, -0.05) is 38.6 Å².